The number of hydrogen-bond donors (Lipinski definition) is 1. The molecule has 0 bridgehead atoms. The van der Waals surface area contributed by atoms with Gasteiger partial charge in [-0.15, -0.1) is 0 Å². The molecule has 21 heavy (non-hydrogen) atoms. The summed E-state index contributed by atoms with van der Waals surface area (Å²) in [6, 6.07) is 0. The first-order chi connectivity index (χ1) is 10.1. The zero-order valence-electron chi connectivity index (χ0n) is 14.0. The van der Waals surface area contributed by atoms with Gasteiger partial charge in [-0.05, 0) is 49.9 Å². The van der Waals surface area contributed by atoms with Gasteiger partial charge in [0.1, 0.15) is 0 Å². The number of hydrogen-bond acceptors (Lipinski definition) is 3. The highest BCUT2D eigenvalue weighted by molar-refractivity contribution is 5.36. The highest BCUT2D eigenvalue weighted by atomic mass is 16.5. The lowest BCUT2D eigenvalue weighted by molar-refractivity contribution is -0.129. The molecule has 0 heterocycles. The van der Waals surface area contributed by atoms with E-state index in [4.69, 9.17) is 4.74 Å². The van der Waals surface area contributed by atoms with Crippen LogP contribution in [0.15, 0.2) is 0 Å². The zero-order chi connectivity index (χ0) is 15.6. The average molecular weight is 298 g/mol. The summed E-state index contributed by atoms with van der Waals surface area (Å²) in [5, 5.41) is 9.97. The number of unbranched alkanes of at least 4 members (excludes halogenated alkanes) is 2. The minimum absolute atomic E-state index is 0.106. The molecule has 1 saturated carbocycles. The number of carbonyl (C=O) groups excluding carboxylic acids is 1. The Kier molecular flexibility index (Phi) is 8.98. The molecule has 0 radical (unpaired) electrons. The van der Waals surface area contributed by atoms with Gasteiger partial charge in [-0.25, -0.2) is 0 Å². The minimum atomic E-state index is -0.106. The molecule has 1 N–H and O–H groups in total. The van der Waals surface area contributed by atoms with Crippen molar-refractivity contribution in [1.29, 1.82) is 0 Å². The van der Waals surface area contributed by atoms with E-state index >= 15 is 0 Å². The molecule has 0 saturated heterocycles. The second kappa shape index (κ2) is 10.2. The second-order valence-corrected chi connectivity index (χ2v) is 7.29. The number of aliphatic hydroxyl groups excluding tert-OH is 1. The SMILES string of the molecule is CC(C)CCCCC(O)CCCCC1(CCOC=O)CC1. The van der Waals surface area contributed by atoms with E-state index in [0.29, 0.717) is 18.5 Å². The number of rotatable bonds is 14. The molecule has 124 valence electrons. The quantitative estimate of drug-likeness (QED) is 0.380. The van der Waals surface area contributed by atoms with Crippen LogP contribution in [-0.2, 0) is 9.53 Å². The highest BCUT2D eigenvalue weighted by Gasteiger charge is 2.41. The summed E-state index contributed by atoms with van der Waals surface area (Å²) >= 11 is 0. The molecule has 0 aromatic rings. The van der Waals surface area contributed by atoms with E-state index in [1.165, 1.54) is 38.5 Å². The van der Waals surface area contributed by atoms with E-state index in [0.717, 1.165) is 38.0 Å². The molecule has 1 aliphatic rings. The van der Waals surface area contributed by atoms with Crippen LogP contribution in [0.2, 0.25) is 0 Å². The van der Waals surface area contributed by atoms with Gasteiger partial charge in [0.2, 0.25) is 0 Å². The van der Waals surface area contributed by atoms with Crippen molar-refractivity contribution >= 4 is 6.47 Å². The second-order valence-electron chi connectivity index (χ2n) is 7.29. The lowest BCUT2D eigenvalue weighted by atomic mass is 9.94. The predicted octanol–water partition coefficient (Wildman–Crippen LogP) is 4.47. The molecule has 3 heteroatoms. The summed E-state index contributed by atoms with van der Waals surface area (Å²) in [5.41, 5.74) is 0.464. The Morgan fingerprint density at radius 2 is 1.67 bits per heavy atom. The molecule has 0 aromatic carbocycles. The first-order valence-electron chi connectivity index (χ1n) is 8.81. The van der Waals surface area contributed by atoms with Crippen molar-refractivity contribution in [3.8, 4) is 0 Å². The van der Waals surface area contributed by atoms with E-state index in [1.54, 1.807) is 0 Å². The third-order valence-electron chi connectivity index (χ3n) is 4.84. The van der Waals surface area contributed by atoms with Crippen LogP contribution in [0.5, 0.6) is 0 Å². The maximum Gasteiger partial charge on any atom is 0.293 e. The molecule has 3 nitrogen and oxygen atoms in total. The fraction of sp³-hybridized carbons (Fsp3) is 0.944. The summed E-state index contributed by atoms with van der Waals surface area (Å²) in [4.78, 5) is 10.1. The Bertz CT molecular complexity index is 272. The Morgan fingerprint density at radius 1 is 1.05 bits per heavy atom. The molecule has 1 unspecified atom stereocenters. The van der Waals surface area contributed by atoms with Crippen LogP contribution in [0.1, 0.15) is 84.5 Å². The van der Waals surface area contributed by atoms with Crippen molar-refractivity contribution in [2.45, 2.75) is 90.6 Å². The Morgan fingerprint density at radius 3 is 2.24 bits per heavy atom. The van der Waals surface area contributed by atoms with Crippen LogP contribution in [-0.4, -0.2) is 24.3 Å². The minimum Gasteiger partial charge on any atom is -0.468 e. The summed E-state index contributed by atoms with van der Waals surface area (Å²) in [6.45, 7) is 5.63. The summed E-state index contributed by atoms with van der Waals surface area (Å²) in [6.07, 6.45) is 12.6. The maximum absolute atomic E-state index is 10.1. The Hall–Kier alpha value is -0.570. The summed E-state index contributed by atoms with van der Waals surface area (Å²) in [5.74, 6) is 0.778. The van der Waals surface area contributed by atoms with E-state index in [-0.39, 0.29) is 6.10 Å². The first kappa shape index (κ1) is 18.5. The van der Waals surface area contributed by atoms with Crippen LogP contribution in [0.3, 0.4) is 0 Å². The summed E-state index contributed by atoms with van der Waals surface area (Å²) in [7, 11) is 0. The molecule has 1 fully saturated rings. The van der Waals surface area contributed by atoms with Gasteiger partial charge in [0.25, 0.3) is 6.47 Å². The zero-order valence-corrected chi connectivity index (χ0v) is 14.0. The average Bonchev–Trinajstić information content (AvgIpc) is 3.20. The largest absolute Gasteiger partial charge is 0.468 e. The monoisotopic (exact) mass is 298 g/mol. The van der Waals surface area contributed by atoms with Gasteiger partial charge in [-0.1, -0.05) is 46.0 Å². The molecule has 0 aliphatic heterocycles. The van der Waals surface area contributed by atoms with E-state index < -0.39 is 0 Å². The predicted molar refractivity (Wildman–Crippen MR) is 86.1 cm³/mol. The number of carbonyl (C=O) groups is 1. The maximum atomic E-state index is 10.1. The van der Waals surface area contributed by atoms with Gasteiger partial charge >= 0.3 is 0 Å². The fourth-order valence-corrected chi connectivity index (χ4v) is 3.08. The molecule has 1 rings (SSSR count). The van der Waals surface area contributed by atoms with Crippen LogP contribution >= 0.6 is 0 Å². The Balaban J connectivity index is 1.94. The van der Waals surface area contributed by atoms with Crippen LogP contribution in [0.25, 0.3) is 0 Å². The highest BCUT2D eigenvalue weighted by Crippen LogP contribution is 2.52. The molecule has 1 aliphatic carbocycles. The van der Waals surface area contributed by atoms with Gasteiger partial charge in [0.05, 0.1) is 12.7 Å². The van der Waals surface area contributed by atoms with Crippen molar-refractivity contribution in [2.75, 3.05) is 6.61 Å². The summed E-state index contributed by atoms with van der Waals surface area (Å²) < 4.78 is 4.80. The van der Waals surface area contributed by atoms with Gasteiger partial charge in [-0.3, -0.25) is 4.79 Å². The van der Waals surface area contributed by atoms with Gasteiger partial charge in [-0.2, -0.15) is 0 Å². The van der Waals surface area contributed by atoms with E-state index in [1.807, 2.05) is 0 Å². The van der Waals surface area contributed by atoms with E-state index in [9.17, 15) is 9.90 Å². The lowest BCUT2D eigenvalue weighted by Crippen LogP contribution is -2.08. The smallest absolute Gasteiger partial charge is 0.293 e. The van der Waals surface area contributed by atoms with Crippen molar-refractivity contribution in [2.24, 2.45) is 11.3 Å². The van der Waals surface area contributed by atoms with Crippen molar-refractivity contribution in [1.82, 2.24) is 0 Å². The van der Waals surface area contributed by atoms with Crippen molar-refractivity contribution in [3.05, 3.63) is 0 Å². The van der Waals surface area contributed by atoms with Gasteiger partial charge in [0, 0.05) is 0 Å². The molecule has 1 atom stereocenters. The Labute approximate surface area is 130 Å². The topological polar surface area (TPSA) is 46.5 Å². The van der Waals surface area contributed by atoms with Crippen molar-refractivity contribution in [3.63, 3.8) is 0 Å². The van der Waals surface area contributed by atoms with Crippen LogP contribution < -0.4 is 0 Å². The van der Waals surface area contributed by atoms with Gasteiger partial charge in [0.15, 0.2) is 0 Å². The molecular weight excluding hydrogens is 264 g/mol. The standard InChI is InChI=1S/C18H34O3/c1-16(2)7-3-4-8-17(20)9-5-6-10-18(11-12-18)13-14-21-15-19/h15-17,20H,3-14H2,1-2H3. The third kappa shape index (κ3) is 9.13. The molecular formula is C18H34O3. The van der Waals surface area contributed by atoms with E-state index in [2.05, 4.69) is 13.8 Å². The molecule has 0 spiro atoms. The van der Waals surface area contributed by atoms with Crippen LogP contribution in [0.4, 0.5) is 0 Å². The van der Waals surface area contributed by atoms with Crippen molar-refractivity contribution < 1.29 is 14.6 Å². The normalized spacial score (nSPS) is 17.7. The van der Waals surface area contributed by atoms with Gasteiger partial charge < -0.3 is 9.84 Å². The van der Waals surface area contributed by atoms with Crippen LogP contribution in [0, 0.1) is 11.3 Å². The molecule has 0 amide bonds. The lowest BCUT2D eigenvalue weighted by Gasteiger charge is -2.15. The first-order valence-corrected chi connectivity index (χ1v) is 8.81. The number of ether oxygens (including phenoxy) is 1. The third-order valence-corrected chi connectivity index (χ3v) is 4.84. The fourth-order valence-electron chi connectivity index (χ4n) is 3.08. The number of aliphatic hydroxyl groups is 1. The molecule has 0 aromatic heterocycles.